The predicted octanol–water partition coefficient (Wildman–Crippen LogP) is 4.65. The van der Waals surface area contributed by atoms with Gasteiger partial charge in [-0.25, -0.2) is 4.79 Å². The Balaban J connectivity index is 1.47. The molecule has 1 amide bonds. The van der Waals surface area contributed by atoms with E-state index in [1.807, 2.05) is 54.6 Å². The third-order valence-electron chi connectivity index (χ3n) is 5.88. The average Bonchev–Trinajstić information content (AvgIpc) is 3.50. The first-order valence-electron chi connectivity index (χ1n) is 11.3. The van der Waals surface area contributed by atoms with Crippen LogP contribution in [0.25, 0.3) is 11.3 Å². The molecule has 2 aromatic carbocycles. The van der Waals surface area contributed by atoms with Gasteiger partial charge in [0.15, 0.2) is 5.11 Å². The number of thiocarbonyl (C=S) groups is 1. The van der Waals surface area contributed by atoms with E-state index in [0.29, 0.717) is 27.9 Å². The molecular formula is C27H22N4O4S. The van der Waals surface area contributed by atoms with Crippen LogP contribution in [-0.2, 0) is 4.79 Å². The zero-order chi connectivity index (χ0) is 25.1. The lowest BCUT2D eigenvalue weighted by molar-refractivity contribution is -0.116. The van der Waals surface area contributed by atoms with Gasteiger partial charge >= 0.3 is 5.97 Å². The van der Waals surface area contributed by atoms with Gasteiger partial charge in [0.1, 0.15) is 24.1 Å². The topological polar surface area (TPSA) is 108 Å². The third-order valence-corrected chi connectivity index (χ3v) is 6.23. The Labute approximate surface area is 212 Å². The second kappa shape index (κ2) is 10.0. The predicted molar refractivity (Wildman–Crippen MR) is 138 cm³/mol. The number of pyridine rings is 1. The van der Waals surface area contributed by atoms with Crippen LogP contribution < -0.4 is 10.6 Å². The summed E-state index contributed by atoms with van der Waals surface area (Å²) in [5.41, 5.74) is 2.25. The van der Waals surface area contributed by atoms with Gasteiger partial charge in [-0.3, -0.25) is 9.78 Å². The molecule has 0 bridgehead atoms. The van der Waals surface area contributed by atoms with Crippen molar-refractivity contribution in [2.75, 3.05) is 11.9 Å². The van der Waals surface area contributed by atoms with Crippen LogP contribution in [0.1, 0.15) is 33.9 Å². The van der Waals surface area contributed by atoms with Crippen molar-refractivity contribution in [3.63, 3.8) is 0 Å². The molecule has 0 radical (unpaired) electrons. The van der Waals surface area contributed by atoms with Gasteiger partial charge in [0.2, 0.25) is 5.91 Å². The number of aromatic nitrogens is 1. The third kappa shape index (κ3) is 4.82. The zero-order valence-electron chi connectivity index (χ0n) is 19.0. The summed E-state index contributed by atoms with van der Waals surface area (Å²) in [6, 6.07) is 24.2. The summed E-state index contributed by atoms with van der Waals surface area (Å²) < 4.78 is 6.22. The average molecular weight is 499 g/mol. The quantitative estimate of drug-likeness (QED) is 0.316. The Morgan fingerprint density at radius 2 is 1.83 bits per heavy atom. The number of para-hydroxylation sites is 1. The molecule has 0 unspecified atom stereocenters. The van der Waals surface area contributed by atoms with E-state index >= 15 is 0 Å². The second-order valence-corrected chi connectivity index (χ2v) is 8.64. The lowest BCUT2D eigenvalue weighted by atomic mass is 10.0. The zero-order valence-corrected chi connectivity index (χ0v) is 19.8. The van der Waals surface area contributed by atoms with E-state index < -0.39 is 12.0 Å². The molecular weight excluding hydrogens is 476 g/mol. The molecule has 9 heteroatoms. The number of carbonyl (C=O) groups is 2. The molecule has 8 nitrogen and oxygen atoms in total. The van der Waals surface area contributed by atoms with Crippen molar-refractivity contribution < 1.29 is 19.1 Å². The van der Waals surface area contributed by atoms with Crippen LogP contribution >= 0.6 is 12.2 Å². The van der Waals surface area contributed by atoms with Crippen LogP contribution in [0.2, 0.25) is 0 Å². The number of benzene rings is 2. The molecule has 4 aromatic rings. The summed E-state index contributed by atoms with van der Waals surface area (Å²) >= 11 is 5.62. The van der Waals surface area contributed by atoms with Crippen LogP contribution in [0.4, 0.5) is 5.69 Å². The number of aromatic carboxylic acids is 1. The fourth-order valence-electron chi connectivity index (χ4n) is 4.23. The van der Waals surface area contributed by atoms with Gasteiger partial charge in [-0.15, -0.1) is 0 Å². The van der Waals surface area contributed by atoms with E-state index in [2.05, 4.69) is 15.6 Å². The van der Waals surface area contributed by atoms with Crippen molar-refractivity contribution in [2.45, 2.75) is 12.1 Å². The van der Waals surface area contributed by atoms with Crippen molar-refractivity contribution >= 4 is 34.9 Å². The molecule has 1 fully saturated rings. The summed E-state index contributed by atoms with van der Waals surface area (Å²) in [6.07, 6.45) is 1.70. The molecule has 1 aliphatic heterocycles. The van der Waals surface area contributed by atoms with Gasteiger partial charge in [0.05, 0.1) is 17.3 Å². The molecule has 2 aromatic heterocycles. The molecule has 2 atom stereocenters. The number of nitrogens with one attached hydrogen (secondary N) is 2. The van der Waals surface area contributed by atoms with Crippen molar-refractivity contribution in [1.29, 1.82) is 0 Å². The maximum absolute atomic E-state index is 12.9. The number of hydrogen-bond acceptors (Lipinski definition) is 5. The minimum Gasteiger partial charge on any atom is -0.478 e. The highest BCUT2D eigenvalue weighted by atomic mass is 32.1. The number of carboxylic acid groups (broad SMARTS) is 1. The van der Waals surface area contributed by atoms with Crippen LogP contribution in [0, 0.1) is 0 Å². The number of hydrogen-bond donors (Lipinski definition) is 3. The molecule has 1 aliphatic rings. The van der Waals surface area contributed by atoms with Gasteiger partial charge in [-0.1, -0.05) is 36.4 Å². The number of nitrogens with zero attached hydrogens (tertiary/aromatic N) is 2. The highest BCUT2D eigenvalue weighted by Crippen LogP contribution is 2.40. The normalized spacial score (nSPS) is 17.0. The Morgan fingerprint density at radius 1 is 1.03 bits per heavy atom. The highest BCUT2D eigenvalue weighted by molar-refractivity contribution is 7.80. The first kappa shape index (κ1) is 23.3. The Hall–Kier alpha value is -4.50. The molecule has 0 saturated carbocycles. The monoisotopic (exact) mass is 498 g/mol. The first-order chi connectivity index (χ1) is 17.5. The fraction of sp³-hybridized carbons (Fsp3) is 0.111. The highest BCUT2D eigenvalue weighted by Gasteiger charge is 2.42. The van der Waals surface area contributed by atoms with Crippen LogP contribution in [0.5, 0.6) is 0 Å². The summed E-state index contributed by atoms with van der Waals surface area (Å²) in [7, 11) is 0. The fourth-order valence-corrected chi connectivity index (χ4v) is 4.54. The summed E-state index contributed by atoms with van der Waals surface area (Å²) in [4.78, 5) is 30.6. The minimum absolute atomic E-state index is 0.000734. The van der Waals surface area contributed by atoms with E-state index in [1.54, 1.807) is 35.4 Å². The second-order valence-electron chi connectivity index (χ2n) is 8.26. The molecule has 0 aliphatic carbocycles. The number of rotatable bonds is 7. The van der Waals surface area contributed by atoms with Crippen molar-refractivity contribution in [3.05, 3.63) is 108 Å². The number of carbonyl (C=O) groups excluding carboxylic acids is 1. The van der Waals surface area contributed by atoms with Gasteiger partial charge < -0.3 is 25.1 Å². The van der Waals surface area contributed by atoms with Gasteiger partial charge in [-0.2, -0.15) is 0 Å². The summed E-state index contributed by atoms with van der Waals surface area (Å²) in [5, 5.41) is 15.9. The largest absolute Gasteiger partial charge is 0.478 e. The van der Waals surface area contributed by atoms with Crippen LogP contribution in [0.15, 0.2) is 95.5 Å². The Kier molecular flexibility index (Phi) is 6.46. The van der Waals surface area contributed by atoms with E-state index in [4.69, 9.17) is 16.6 Å². The van der Waals surface area contributed by atoms with Crippen LogP contribution in [0.3, 0.4) is 0 Å². The minimum atomic E-state index is -1.01. The first-order valence-corrected chi connectivity index (χ1v) is 11.7. The van der Waals surface area contributed by atoms with Crippen molar-refractivity contribution in [2.24, 2.45) is 0 Å². The number of amides is 1. The molecule has 5 rings (SSSR count). The molecule has 36 heavy (non-hydrogen) atoms. The number of anilines is 1. The van der Waals surface area contributed by atoms with Gasteiger partial charge in [-0.05, 0) is 60.7 Å². The number of carboxylic acids is 1. The SMILES string of the molecule is O=C(CN1C(=S)N[C@@H](c2ccccn2)[C@H]1c1ccc(-c2cccc(C(=O)O)c2)o1)Nc1ccccc1. The lowest BCUT2D eigenvalue weighted by Crippen LogP contribution is -2.36. The van der Waals surface area contributed by atoms with E-state index in [9.17, 15) is 14.7 Å². The van der Waals surface area contributed by atoms with E-state index in [-0.39, 0.29) is 24.1 Å². The molecule has 0 spiro atoms. The maximum Gasteiger partial charge on any atom is 0.335 e. The molecule has 3 N–H and O–H groups in total. The van der Waals surface area contributed by atoms with Crippen LogP contribution in [-0.4, -0.2) is 38.5 Å². The molecule has 1 saturated heterocycles. The van der Waals surface area contributed by atoms with Gasteiger partial charge in [0, 0.05) is 17.4 Å². The Bertz CT molecular complexity index is 1410. The van der Waals surface area contributed by atoms with Crippen molar-refractivity contribution in [3.8, 4) is 11.3 Å². The summed E-state index contributed by atoms with van der Waals surface area (Å²) in [5.74, 6) is -0.154. The molecule has 3 heterocycles. The maximum atomic E-state index is 12.9. The standard InChI is InChI=1S/C27H22N4O4S/c32-23(29-19-9-2-1-3-10-19)16-31-25(24(30-27(31)36)20-11-4-5-14-28-20)22-13-12-21(35-22)17-7-6-8-18(15-17)26(33)34/h1-15,24-25H,16H2,(H,29,32)(H,30,36)(H,33,34)/t24-,25+/m0/s1. The van der Waals surface area contributed by atoms with E-state index in [0.717, 1.165) is 5.69 Å². The van der Waals surface area contributed by atoms with Crippen molar-refractivity contribution in [1.82, 2.24) is 15.2 Å². The summed E-state index contributed by atoms with van der Waals surface area (Å²) in [6.45, 7) is -0.000734. The van der Waals surface area contributed by atoms with Gasteiger partial charge in [0.25, 0.3) is 0 Å². The molecule has 180 valence electrons. The number of furan rings is 1. The Morgan fingerprint density at radius 3 is 2.58 bits per heavy atom. The lowest BCUT2D eigenvalue weighted by Gasteiger charge is -2.25. The van der Waals surface area contributed by atoms with E-state index in [1.165, 1.54) is 6.07 Å². The smallest absolute Gasteiger partial charge is 0.335 e.